The number of anilines is 1. The minimum Gasteiger partial charge on any atom is -0.378 e. The van der Waals surface area contributed by atoms with E-state index in [2.05, 4.69) is 5.32 Å². The summed E-state index contributed by atoms with van der Waals surface area (Å²) in [6, 6.07) is 8.36. The van der Waals surface area contributed by atoms with Gasteiger partial charge in [0.05, 0.1) is 5.69 Å². The van der Waals surface area contributed by atoms with Crippen LogP contribution in [-0.2, 0) is 6.54 Å². The third kappa shape index (κ3) is 3.12. The Hall–Kier alpha value is -1.32. The van der Waals surface area contributed by atoms with E-state index in [-0.39, 0.29) is 12.2 Å². The van der Waals surface area contributed by atoms with Crippen LogP contribution in [0.4, 0.5) is 14.5 Å². The van der Waals surface area contributed by atoms with Crippen LogP contribution in [0.25, 0.3) is 0 Å². The van der Waals surface area contributed by atoms with Crippen molar-refractivity contribution in [3.8, 4) is 0 Å². The number of rotatable bonds is 3. The van der Waals surface area contributed by atoms with Crippen molar-refractivity contribution in [3.05, 3.63) is 63.6 Å². The molecule has 0 saturated heterocycles. The van der Waals surface area contributed by atoms with Crippen LogP contribution in [0.1, 0.15) is 5.56 Å². The molecule has 1 nitrogen and oxygen atoms in total. The van der Waals surface area contributed by atoms with Gasteiger partial charge in [-0.25, -0.2) is 8.78 Å². The maximum absolute atomic E-state index is 13.4. The smallest absolute Gasteiger partial charge is 0.146 e. The molecule has 94 valence electrons. The Balaban J connectivity index is 2.16. The molecule has 0 unspecified atom stereocenters. The topological polar surface area (TPSA) is 12.0 Å². The fourth-order valence-electron chi connectivity index (χ4n) is 1.50. The molecule has 0 atom stereocenters. The van der Waals surface area contributed by atoms with Gasteiger partial charge in [0.25, 0.3) is 0 Å². The Morgan fingerprint density at radius 3 is 2.22 bits per heavy atom. The largest absolute Gasteiger partial charge is 0.378 e. The molecule has 0 amide bonds. The molecular formula is C13H9Cl2F2N. The Kier molecular flexibility index (Phi) is 4.04. The van der Waals surface area contributed by atoms with E-state index in [1.165, 1.54) is 36.4 Å². The highest BCUT2D eigenvalue weighted by molar-refractivity contribution is 6.31. The standard InChI is InChI=1S/C13H9Cl2F2N/c14-9-1-3-11(16)8(5-9)7-18-13-6-10(15)2-4-12(13)17/h1-6,18H,7H2. The fourth-order valence-corrected chi connectivity index (χ4v) is 1.87. The fraction of sp³-hybridized carbons (Fsp3) is 0.0769. The van der Waals surface area contributed by atoms with Gasteiger partial charge in [0.1, 0.15) is 11.6 Å². The number of halogens is 4. The third-order valence-corrected chi connectivity index (χ3v) is 2.88. The molecule has 18 heavy (non-hydrogen) atoms. The van der Waals surface area contributed by atoms with Gasteiger partial charge >= 0.3 is 0 Å². The minimum absolute atomic E-state index is 0.129. The third-order valence-electron chi connectivity index (χ3n) is 2.41. The molecule has 0 aromatic heterocycles. The molecule has 0 bridgehead atoms. The Labute approximate surface area is 113 Å². The summed E-state index contributed by atoms with van der Waals surface area (Å²) in [5, 5.41) is 3.62. The zero-order chi connectivity index (χ0) is 13.1. The van der Waals surface area contributed by atoms with Crippen LogP contribution < -0.4 is 5.32 Å². The van der Waals surface area contributed by atoms with Crippen molar-refractivity contribution in [2.45, 2.75) is 6.54 Å². The zero-order valence-corrected chi connectivity index (χ0v) is 10.7. The van der Waals surface area contributed by atoms with Crippen LogP contribution in [0.5, 0.6) is 0 Å². The van der Waals surface area contributed by atoms with Gasteiger partial charge in [-0.2, -0.15) is 0 Å². The summed E-state index contributed by atoms with van der Waals surface area (Å²) in [7, 11) is 0. The zero-order valence-electron chi connectivity index (χ0n) is 9.18. The lowest BCUT2D eigenvalue weighted by molar-refractivity contribution is 0.610. The molecule has 2 aromatic rings. The van der Waals surface area contributed by atoms with Gasteiger partial charge in [-0.05, 0) is 36.4 Å². The summed E-state index contributed by atoms with van der Waals surface area (Å²) in [4.78, 5) is 0. The molecule has 0 spiro atoms. The molecule has 0 aliphatic carbocycles. The van der Waals surface area contributed by atoms with Gasteiger partial charge in [0.15, 0.2) is 0 Å². The van der Waals surface area contributed by atoms with E-state index in [1.54, 1.807) is 0 Å². The second-order valence-corrected chi connectivity index (χ2v) is 4.59. The van der Waals surface area contributed by atoms with Crippen molar-refractivity contribution >= 4 is 28.9 Å². The molecule has 0 heterocycles. The Morgan fingerprint density at radius 2 is 1.50 bits per heavy atom. The summed E-state index contributed by atoms with van der Waals surface area (Å²) in [5.74, 6) is -0.837. The minimum atomic E-state index is -0.443. The second kappa shape index (κ2) is 5.55. The summed E-state index contributed by atoms with van der Waals surface area (Å²) < 4.78 is 26.8. The van der Waals surface area contributed by atoms with E-state index in [0.29, 0.717) is 15.6 Å². The summed E-state index contributed by atoms with van der Waals surface area (Å²) in [6.07, 6.45) is 0. The van der Waals surface area contributed by atoms with Gasteiger partial charge in [0.2, 0.25) is 0 Å². The lowest BCUT2D eigenvalue weighted by Crippen LogP contribution is -2.03. The molecule has 5 heteroatoms. The molecule has 1 N–H and O–H groups in total. The first-order chi connectivity index (χ1) is 8.56. The molecule has 0 aliphatic heterocycles. The number of hydrogen-bond donors (Lipinski definition) is 1. The molecule has 0 fully saturated rings. The maximum atomic E-state index is 13.4. The second-order valence-electron chi connectivity index (χ2n) is 3.71. The predicted molar refractivity (Wildman–Crippen MR) is 70.1 cm³/mol. The van der Waals surface area contributed by atoms with Crippen molar-refractivity contribution in [2.75, 3.05) is 5.32 Å². The first-order valence-electron chi connectivity index (χ1n) is 5.19. The Bertz CT molecular complexity index is 521. The highest BCUT2D eigenvalue weighted by Crippen LogP contribution is 2.21. The summed E-state index contributed by atoms with van der Waals surface area (Å²) >= 11 is 11.5. The van der Waals surface area contributed by atoms with Crippen molar-refractivity contribution in [1.82, 2.24) is 0 Å². The number of benzene rings is 2. The maximum Gasteiger partial charge on any atom is 0.146 e. The first-order valence-corrected chi connectivity index (χ1v) is 5.95. The van der Waals surface area contributed by atoms with Gasteiger partial charge in [-0.3, -0.25) is 0 Å². The normalized spacial score (nSPS) is 10.4. The van der Waals surface area contributed by atoms with E-state index in [0.717, 1.165) is 0 Å². The van der Waals surface area contributed by atoms with E-state index in [9.17, 15) is 8.78 Å². The predicted octanol–water partition coefficient (Wildman–Crippen LogP) is 4.88. The highest BCUT2D eigenvalue weighted by Gasteiger charge is 2.06. The monoisotopic (exact) mass is 287 g/mol. The molecule has 2 rings (SSSR count). The van der Waals surface area contributed by atoms with Gasteiger partial charge < -0.3 is 5.32 Å². The van der Waals surface area contributed by atoms with Crippen LogP contribution in [0.2, 0.25) is 10.0 Å². The van der Waals surface area contributed by atoms with Crippen LogP contribution >= 0.6 is 23.2 Å². The first kappa shape index (κ1) is 13.1. The quantitative estimate of drug-likeness (QED) is 0.848. The van der Waals surface area contributed by atoms with Crippen LogP contribution in [0, 0.1) is 11.6 Å². The van der Waals surface area contributed by atoms with Crippen LogP contribution in [0.15, 0.2) is 36.4 Å². The van der Waals surface area contributed by atoms with E-state index < -0.39 is 11.6 Å². The van der Waals surface area contributed by atoms with Crippen molar-refractivity contribution < 1.29 is 8.78 Å². The summed E-state index contributed by atoms with van der Waals surface area (Å²) in [6.45, 7) is 0.129. The number of hydrogen-bond acceptors (Lipinski definition) is 1. The lowest BCUT2D eigenvalue weighted by Gasteiger charge is -2.09. The SMILES string of the molecule is Fc1ccc(Cl)cc1CNc1cc(Cl)ccc1F. The van der Waals surface area contributed by atoms with Gasteiger partial charge in [-0.1, -0.05) is 23.2 Å². The molecule has 0 saturated carbocycles. The van der Waals surface area contributed by atoms with Crippen LogP contribution in [-0.4, -0.2) is 0 Å². The molecule has 2 aromatic carbocycles. The highest BCUT2D eigenvalue weighted by atomic mass is 35.5. The average molecular weight is 288 g/mol. The average Bonchev–Trinajstić information content (AvgIpc) is 2.34. The molecule has 0 aliphatic rings. The van der Waals surface area contributed by atoms with E-state index >= 15 is 0 Å². The van der Waals surface area contributed by atoms with Crippen molar-refractivity contribution in [2.24, 2.45) is 0 Å². The van der Waals surface area contributed by atoms with Gasteiger partial charge in [0, 0.05) is 22.2 Å². The summed E-state index contributed by atoms with van der Waals surface area (Å²) in [5.41, 5.74) is 0.587. The van der Waals surface area contributed by atoms with E-state index in [4.69, 9.17) is 23.2 Å². The van der Waals surface area contributed by atoms with E-state index in [1.807, 2.05) is 0 Å². The molecular weight excluding hydrogens is 279 g/mol. The van der Waals surface area contributed by atoms with Gasteiger partial charge in [-0.15, -0.1) is 0 Å². The van der Waals surface area contributed by atoms with Crippen molar-refractivity contribution in [1.29, 1.82) is 0 Å². The number of nitrogens with one attached hydrogen (secondary N) is 1. The lowest BCUT2D eigenvalue weighted by atomic mass is 10.2. The van der Waals surface area contributed by atoms with Crippen LogP contribution in [0.3, 0.4) is 0 Å². The Morgan fingerprint density at radius 1 is 0.889 bits per heavy atom. The molecule has 0 radical (unpaired) electrons. The van der Waals surface area contributed by atoms with Crippen molar-refractivity contribution in [3.63, 3.8) is 0 Å².